The number of halogens is 1. The number of piperidine rings is 2. The third-order valence-corrected chi connectivity index (χ3v) is 5.93. The maximum atomic E-state index is 13.1. The number of hydrogen-bond acceptors (Lipinski definition) is 5. The number of nitrogens with zero attached hydrogens (tertiary/aromatic N) is 2. The van der Waals surface area contributed by atoms with Crippen molar-refractivity contribution in [3.05, 3.63) is 29.8 Å². The molecule has 3 saturated heterocycles. The highest BCUT2D eigenvalue weighted by Gasteiger charge is 2.57. The van der Waals surface area contributed by atoms with Crippen molar-refractivity contribution in [2.45, 2.75) is 49.9 Å². The lowest BCUT2D eigenvalue weighted by Gasteiger charge is -2.42. The van der Waals surface area contributed by atoms with Crippen molar-refractivity contribution in [2.75, 3.05) is 6.54 Å². The number of esters is 1. The molecule has 4 heterocycles. The molecule has 1 aliphatic carbocycles. The first-order chi connectivity index (χ1) is 12.1. The maximum Gasteiger partial charge on any atom is 0.309 e. The molecule has 0 radical (unpaired) electrons. The Hall–Kier alpha value is -2.02. The zero-order chi connectivity index (χ0) is 17.1. The average Bonchev–Trinajstić information content (AvgIpc) is 3.42. The van der Waals surface area contributed by atoms with E-state index in [9.17, 15) is 14.0 Å². The van der Waals surface area contributed by atoms with Crippen molar-refractivity contribution in [3.8, 4) is 0 Å². The number of fused-ring (bicyclic) bond motifs is 2. The Labute approximate surface area is 144 Å². The van der Waals surface area contributed by atoms with E-state index in [-0.39, 0.29) is 47.7 Å². The molecule has 1 N–H and O–H groups in total. The summed E-state index contributed by atoms with van der Waals surface area (Å²) in [4.78, 5) is 30.9. The molecule has 0 aromatic carbocycles. The second kappa shape index (κ2) is 5.49. The van der Waals surface area contributed by atoms with Gasteiger partial charge in [0.25, 0.3) is 5.91 Å². The van der Waals surface area contributed by atoms with Crippen molar-refractivity contribution in [1.82, 2.24) is 15.2 Å². The van der Waals surface area contributed by atoms with E-state index >= 15 is 0 Å². The van der Waals surface area contributed by atoms with E-state index in [4.69, 9.17) is 4.74 Å². The van der Waals surface area contributed by atoms with Crippen LogP contribution < -0.4 is 5.32 Å². The normalized spacial score (nSPS) is 35.7. The summed E-state index contributed by atoms with van der Waals surface area (Å²) in [5.41, 5.74) is 0.235. The van der Waals surface area contributed by atoms with Gasteiger partial charge in [0.15, 0.2) is 0 Å². The number of pyridine rings is 1. The predicted octanol–water partition coefficient (Wildman–Crippen LogP) is 1.12. The maximum absolute atomic E-state index is 13.1. The van der Waals surface area contributed by atoms with Crippen LogP contribution >= 0.6 is 0 Å². The average molecular weight is 345 g/mol. The van der Waals surface area contributed by atoms with Gasteiger partial charge in [-0.3, -0.25) is 9.59 Å². The molecule has 6 nitrogen and oxygen atoms in total. The van der Waals surface area contributed by atoms with Gasteiger partial charge in [0, 0.05) is 18.6 Å². The molecule has 4 aliphatic rings. The van der Waals surface area contributed by atoms with E-state index in [0.29, 0.717) is 12.5 Å². The van der Waals surface area contributed by atoms with Crippen LogP contribution in [0.5, 0.6) is 0 Å². The van der Waals surface area contributed by atoms with E-state index in [1.54, 1.807) is 4.90 Å². The Balaban J connectivity index is 1.42. The SMILES string of the molecule is O=C(O[C@H]1[C@@H]2[C@@H]3C[C@@H](C[C@H]1N3)CN2C(=O)c1ccc(F)cn1)C1CC1. The minimum Gasteiger partial charge on any atom is -0.458 e. The Morgan fingerprint density at radius 3 is 2.76 bits per heavy atom. The van der Waals surface area contributed by atoms with Gasteiger partial charge in [-0.15, -0.1) is 0 Å². The molecule has 1 aromatic rings. The molecule has 0 spiro atoms. The Morgan fingerprint density at radius 1 is 1.24 bits per heavy atom. The second-order valence-corrected chi connectivity index (χ2v) is 7.70. The fourth-order valence-electron chi connectivity index (χ4n) is 4.67. The number of amides is 1. The summed E-state index contributed by atoms with van der Waals surface area (Å²) >= 11 is 0. The Bertz CT molecular complexity index is 721. The molecular weight excluding hydrogens is 325 g/mol. The number of aromatic nitrogens is 1. The molecule has 5 atom stereocenters. The third kappa shape index (κ3) is 2.52. The molecule has 1 amide bonds. The molecule has 1 aromatic heterocycles. The van der Waals surface area contributed by atoms with Crippen LogP contribution in [0.15, 0.2) is 18.3 Å². The lowest BCUT2D eigenvalue weighted by atomic mass is 9.88. The highest BCUT2D eigenvalue weighted by atomic mass is 19.1. The van der Waals surface area contributed by atoms with Crippen LogP contribution in [0.1, 0.15) is 36.2 Å². The van der Waals surface area contributed by atoms with Crippen LogP contribution in [0.3, 0.4) is 0 Å². The number of nitrogens with one attached hydrogen (secondary N) is 1. The molecule has 5 rings (SSSR count). The van der Waals surface area contributed by atoms with Gasteiger partial charge in [0.2, 0.25) is 0 Å². The molecule has 1 saturated carbocycles. The minimum atomic E-state index is -0.464. The molecule has 25 heavy (non-hydrogen) atoms. The summed E-state index contributed by atoms with van der Waals surface area (Å²) in [5, 5.41) is 3.53. The zero-order valence-electron chi connectivity index (χ0n) is 13.7. The van der Waals surface area contributed by atoms with Gasteiger partial charge in [0.05, 0.1) is 18.2 Å². The van der Waals surface area contributed by atoms with Crippen molar-refractivity contribution >= 4 is 11.9 Å². The van der Waals surface area contributed by atoms with Crippen LogP contribution in [0.2, 0.25) is 0 Å². The number of ether oxygens (including phenoxy) is 1. The van der Waals surface area contributed by atoms with Crippen molar-refractivity contribution in [2.24, 2.45) is 11.8 Å². The molecule has 7 heteroatoms. The number of hydrogen-bond donors (Lipinski definition) is 1. The third-order valence-electron chi connectivity index (χ3n) is 5.93. The van der Waals surface area contributed by atoms with Gasteiger partial charge in [-0.05, 0) is 43.7 Å². The Morgan fingerprint density at radius 2 is 2.04 bits per heavy atom. The van der Waals surface area contributed by atoms with Crippen molar-refractivity contribution < 1.29 is 18.7 Å². The van der Waals surface area contributed by atoms with Crippen LogP contribution in [-0.4, -0.2) is 52.5 Å². The van der Waals surface area contributed by atoms with Crippen LogP contribution in [0.4, 0.5) is 4.39 Å². The molecule has 132 valence electrons. The van der Waals surface area contributed by atoms with Gasteiger partial charge >= 0.3 is 5.97 Å². The smallest absolute Gasteiger partial charge is 0.309 e. The molecular formula is C18H20FN3O3. The summed E-state index contributed by atoms with van der Waals surface area (Å²) in [6.07, 6.45) is 4.49. The second-order valence-electron chi connectivity index (χ2n) is 7.70. The van der Waals surface area contributed by atoms with E-state index < -0.39 is 5.82 Å². The fraction of sp³-hybridized carbons (Fsp3) is 0.611. The van der Waals surface area contributed by atoms with Crippen molar-refractivity contribution in [3.63, 3.8) is 0 Å². The molecule has 4 fully saturated rings. The number of likely N-dealkylation sites (tertiary alicyclic amines) is 1. The topological polar surface area (TPSA) is 71.5 Å². The van der Waals surface area contributed by atoms with E-state index in [2.05, 4.69) is 10.3 Å². The lowest BCUT2D eigenvalue weighted by Crippen LogP contribution is -2.57. The van der Waals surface area contributed by atoms with Crippen LogP contribution in [0.25, 0.3) is 0 Å². The molecule has 0 unspecified atom stereocenters. The molecule has 3 aliphatic heterocycles. The van der Waals surface area contributed by atoms with Crippen molar-refractivity contribution in [1.29, 1.82) is 0 Å². The first-order valence-electron chi connectivity index (χ1n) is 8.99. The van der Waals surface area contributed by atoms with Gasteiger partial charge < -0.3 is 15.0 Å². The summed E-state index contributed by atoms with van der Waals surface area (Å²) in [7, 11) is 0. The fourth-order valence-corrected chi connectivity index (χ4v) is 4.67. The summed E-state index contributed by atoms with van der Waals surface area (Å²) < 4.78 is 18.9. The van der Waals surface area contributed by atoms with Crippen LogP contribution in [0, 0.1) is 17.7 Å². The quantitative estimate of drug-likeness (QED) is 0.831. The van der Waals surface area contributed by atoms with E-state index in [0.717, 1.165) is 31.9 Å². The summed E-state index contributed by atoms with van der Waals surface area (Å²) in [5.74, 6) is -0.358. The predicted molar refractivity (Wildman–Crippen MR) is 85.1 cm³/mol. The van der Waals surface area contributed by atoms with Crippen LogP contribution in [-0.2, 0) is 9.53 Å². The zero-order valence-corrected chi connectivity index (χ0v) is 13.7. The highest BCUT2D eigenvalue weighted by Crippen LogP contribution is 2.42. The summed E-state index contributed by atoms with van der Waals surface area (Å²) in [6, 6.07) is 2.78. The highest BCUT2D eigenvalue weighted by molar-refractivity contribution is 5.92. The Kier molecular flexibility index (Phi) is 3.35. The summed E-state index contributed by atoms with van der Waals surface area (Å²) in [6.45, 7) is 0.648. The number of carbonyl (C=O) groups is 2. The number of carbonyl (C=O) groups excluding carboxylic acids is 2. The monoisotopic (exact) mass is 345 g/mol. The minimum absolute atomic E-state index is 0.0422. The molecule has 3 bridgehead atoms. The van der Waals surface area contributed by atoms with E-state index in [1.165, 1.54) is 12.1 Å². The van der Waals surface area contributed by atoms with Gasteiger partial charge in [-0.2, -0.15) is 0 Å². The van der Waals surface area contributed by atoms with Gasteiger partial charge in [-0.25, -0.2) is 9.37 Å². The number of rotatable bonds is 3. The lowest BCUT2D eigenvalue weighted by molar-refractivity contribution is -0.153. The largest absolute Gasteiger partial charge is 0.458 e. The van der Waals surface area contributed by atoms with E-state index in [1.807, 2.05) is 0 Å². The van der Waals surface area contributed by atoms with Gasteiger partial charge in [0.1, 0.15) is 17.6 Å². The van der Waals surface area contributed by atoms with Gasteiger partial charge in [-0.1, -0.05) is 0 Å². The standard InChI is InChI=1S/C18H20FN3O3/c19-11-3-4-12(20-7-11)17(23)22-8-9-5-13-15(22)16(14(6-9)21-13)25-18(24)10-1-2-10/h3-4,7,9-10,13-16,21H,1-2,5-6,8H2/t9-,13-,14+,15-,16+/m0/s1. The first-order valence-corrected chi connectivity index (χ1v) is 8.99. The first kappa shape index (κ1) is 15.3.